The second-order valence-electron chi connectivity index (χ2n) is 4.03. The summed E-state index contributed by atoms with van der Waals surface area (Å²) in [4.78, 5) is 27.3. The fraction of sp³-hybridized carbons (Fsp3) is 0.0714. The Hall–Kier alpha value is -1.29. The number of aromatic nitrogens is 1. The Bertz CT molecular complexity index is 575. The first-order valence-corrected chi connectivity index (χ1v) is 5.43. The maximum atomic E-state index is 12.2. The van der Waals surface area contributed by atoms with Crippen molar-refractivity contribution in [2.24, 2.45) is 0 Å². The zero-order valence-corrected chi connectivity index (χ0v) is 12.0. The van der Waals surface area contributed by atoms with Crippen LogP contribution in [0.4, 0.5) is 0 Å². The van der Waals surface area contributed by atoms with Gasteiger partial charge in [-0.3, -0.25) is 9.59 Å². The van der Waals surface area contributed by atoms with Crippen molar-refractivity contribution in [3.8, 4) is 0 Å². The molecule has 1 aromatic heterocycles. The van der Waals surface area contributed by atoms with Crippen molar-refractivity contribution in [1.82, 2.24) is 0 Å². The largest absolute Gasteiger partial charge is 1.00 e. The van der Waals surface area contributed by atoms with Crippen LogP contribution in [-0.4, -0.2) is 11.6 Å². The van der Waals surface area contributed by atoms with E-state index in [2.05, 4.69) is 4.98 Å². The third-order valence-electron chi connectivity index (χ3n) is 3.03. The van der Waals surface area contributed by atoms with Gasteiger partial charge in [-0.15, -0.1) is 0 Å². The number of pyridine rings is 1. The maximum Gasteiger partial charge on any atom is 1.00 e. The van der Waals surface area contributed by atoms with Gasteiger partial charge in [-0.1, -0.05) is 30.3 Å². The van der Waals surface area contributed by atoms with Crippen molar-refractivity contribution >= 4 is 11.6 Å². The molecule has 0 atom stereocenters. The van der Waals surface area contributed by atoms with Crippen molar-refractivity contribution in [1.29, 1.82) is 0 Å². The molecule has 0 spiro atoms. The molecule has 1 N–H and O–H groups in total. The molecular formula is C14H10NNaO2+2. The summed E-state index contributed by atoms with van der Waals surface area (Å²) < 4.78 is 0. The standard InChI is InChI=1S/C14H9NO2.Na/c16-13-9-5-1-2-6-10(9)14(17)12(13)11-7-3-4-8-15-11;/h1-8,12H;/q;+1/p+1. The van der Waals surface area contributed by atoms with Crippen LogP contribution in [0.25, 0.3) is 0 Å². The molecule has 3 nitrogen and oxygen atoms in total. The molecule has 1 aliphatic carbocycles. The van der Waals surface area contributed by atoms with Crippen LogP contribution in [0.1, 0.15) is 32.3 Å². The van der Waals surface area contributed by atoms with Crippen molar-refractivity contribution in [3.05, 3.63) is 65.5 Å². The molecule has 1 aromatic carbocycles. The summed E-state index contributed by atoms with van der Waals surface area (Å²) in [6.07, 6.45) is 1.72. The molecule has 0 fully saturated rings. The van der Waals surface area contributed by atoms with Gasteiger partial charge in [0.05, 0.1) is 0 Å². The van der Waals surface area contributed by atoms with Crippen molar-refractivity contribution in [2.45, 2.75) is 5.92 Å². The summed E-state index contributed by atoms with van der Waals surface area (Å²) in [6.45, 7) is 0. The number of rotatable bonds is 1. The molecule has 0 saturated heterocycles. The number of H-pyrrole nitrogens is 1. The SMILES string of the molecule is O=C1c2ccccc2C(=O)C1c1cccc[nH+]1.[Na+]. The molecule has 0 amide bonds. The van der Waals surface area contributed by atoms with E-state index >= 15 is 0 Å². The number of ketones is 2. The molecule has 0 unspecified atom stereocenters. The Kier molecular flexibility index (Phi) is 3.76. The van der Waals surface area contributed by atoms with Crippen LogP contribution >= 0.6 is 0 Å². The molecule has 1 aliphatic rings. The van der Waals surface area contributed by atoms with Crippen LogP contribution in [0.15, 0.2) is 48.7 Å². The van der Waals surface area contributed by atoms with E-state index in [1.165, 1.54) is 0 Å². The first-order chi connectivity index (χ1) is 8.29. The van der Waals surface area contributed by atoms with Gasteiger partial charge in [-0.2, -0.15) is 0 Å². The van der Waals surface area contributed by atoms with Gasteiger partial charge >= 0.3 is 29.6 Å². The third kappa shape index (κ3) is 1.94. The van der Waals surface area contributed by atoms with E-state index in [1.54, 1.807) is 36.5 Å². The summed E-state index contributed by atoms with van der Waals surface area (Å²) in [5, 5.41) is 0. The summed E-state index contributed by atoms with van der Waals surface area (Å²) in [5.74, 6) is -0.935. The Morgan fingerprint density at radius 1 is 0.833 bits per heavy atom. The predicted octanol–water partition coefficient (Wildman–Crippen LogP) is -1.33. The second kappa shape index (κ2) is 5.14. The van der Waals surface area contributed by atoms with Crippen molar-refractivity contribution in [2.75, 3.05) is 0 Å². The van der Waals surface area contributed by atoms with Gasteiger partial charge in [0.2, 0.25) is 0 Å². The number of hydrogen-bond acceptors (Lipinski definition) is 2. The molecule has 18 heavy (non-hydrogen) atoms. The molecule has 0 bridgehead atoms. The molecule has 4 heteroatoms. The van der Waals surface area contributed by atoms with Gasteiger partial charge < -0.3 is 0 Å². The molecule has 3 rings (SSSR count). The van der Waals surface area contributed by atoms with Crippen LogP contribution in [0.3, 0.4) is 0 Å². The number of carbonyl (C=O) groups is 2. The zero-order chi connectivity index (χ0) is 11.8. The normalized spacial score (nSPS) is 14.2. The van der Waals surface area contributed by atoms with E-state index in [4.69, 9.17) is 0 Å². The van der Waals surface area contributed by atoms with E-state index in [0.717, 1.165) is 0 Å². The summed E-state index contributed by atoms with van der Waals surface area (Å²) in [5.41, 5.74) is 1.71. The van der Waals surface area contributed by atoms with E-state index in [9.17, 15) is 9.59 Å². The fourth-order valence-electron chi connectivity index (χ4n) is 2.21. The summed E-state index contributed by atoms with van der Waals surface area (Å²) in [6, 6.07) is 12.4. The molecule has 0 radical (unpaired) electrons. The summed E-state index contributed by atoms with van der Waals surface area (Å²) in [7, 11) is 0. The predicted molar refractivity (Wildman–Crippen MR) is 60.8 cm³/mol. The van der Waals surface area contributed by atoms with Crippen LogP contribution < -0.4 is 34.5 Å². The van der Waals surface area contributed by atoms with Crippen LogP contribution in [-0.2, 0) is 0 Å². The minimum absolute atomic E-state index is 0. The average molecular weight is 247 g/mol. The number of Topliss-reactive ketones (excluding diaryl/α,β-unsaturated/α-hetero) is 2. The van der Waals surface area contributed by atoms with E-state index in [-0.39, 0.29) is 41.1 Å². The van der Waals surface area contributed by atoms with Crippen molar-refractivity contribution < 1.29 is 44.1 Å². The number of aromatic amines is 1. The van der Waals surface area contributed by atoms with E-state index < -0.39 is 5.92 Å². The average Bonchev–Trinajstić information content (AvgIpc) is 2.64. The quantitative estimate of drug-likeness (QED) is 0.463. The molecular weight excluding hydrogens is 237 g/mol. The number of hydrogen-bond donors (Lipinski definition) is 0. The molecule has 2 aromatic rings. The van der Waals surface area contributed by atoms with Crippen LogP contribution in [0.5, 0.6) is 0 Å². The van der Waals surface area contributed by atoms with Gasteiger partial charge in [-0.05, 0) is 0 Å². The Morgan fingerprint density at radius 2 is 1.39 bits per heavy atom. The van der Waals surface area contributed by atoms with Crippen LogP contribution in [0.2, 0.25) is 0 Å². The van der Waals surface area contributed by atoms with E-state index in [0.29, 0.717) is 16.8 Å². The Labute approximate surface area is 127 Å². The first kappa shape index (κ1) is 13.1. The number of fused-ring (bicyclic) bond motifs is 1. The smallest absolute Gasteiger partial charge is 0.293 e. The van der Waals surface area contributed by atoms with Gasteiger partial charge in [0.15, 0.2) is 29.4 Å². The maximum absolute atomic E-state index is 12.2. The number of carbonyl (C=O) groups excluding carboxylic acids is 2. The van der Waals surface area contributed by atoms with Crippen molar-refractivity contribution in [3.63, 3.8) is 0 Å². The topological polar surface area (TPSA) is 48.3 Å². The molecule has 0 aliphatic heterocycles. The van der Waals surface area contributed by atoms with Gasteiger partial charge in [0, 0.05) is 23.3 Å². The van der Waals surface area contributed by atoms with E-state index in [1.807, 2.05) is 12.1 Å². The minimum atomic E-state index is -0.700. The van der Waals surface area contributed by atoms with Gasteiger partial charge in [0.1, 0.15) is 0 Å². The monoisotopic (exact) mass is 247 g/mol. The third-order valence-corrected chi connectivity index (χ3v) is 3.03. The first-order valence-electron chi connectivity index (χ1n) is 5.43. The number of benzene rings is 1. The minimum Gasteiger partial charge on any atom is -0.293 e. The zero-order valence-electron chi connectivity index (χ0n) is 10.0. The molecule has 0 saturated carbocycles. The Morgan fingerprint density at radius 3 is 1.89 bits per heavy atom. The fourth-order valence-corrected chi connectivity index (χ4v) is 2.21. The second-order valence-corrected chi connectivity index (χ2v) is 4.03. The molecule has 82 valence electrons. The Balaban J connectivity index is 0.00000120. The van der Waals surface area contributed by atoms with Crippen LogP contribution in [0, 0.1) is 0 Å². The number of nitrogens with one attached hydrogen (secondary N) is 1. The van der Waals surface area contributed by atoms with Gasteiger partial charge in [0.25, 0.3) is 0 Å². The van der Waals surface area contributed by atoms with Gasteiger partial charge in [-0.25, -0.2) is 4.98 Å². The molecule has 1 heterocycles. The summed E-state index contributed by atoms with van der Waals surface area (Å²) >= 11 is 0.